The van der Waals surface area contributed by atoms with E-state index in [9.17, 15) is 4.79 Å². The van der Waals surface area contributed by atoms with Crippen LogP contribution in [0.3, 0.4) is 0 Å². The summed E-state index contributed by atoms with van der Waals surface area (Å²) in [5.41, 5.74) is 6.11. The minimum Gasteiger partial charge on any atom is -0.460 e. The van der Waals surface area contributed by atoms with Gasteiger partial charge in [-0.3, -0.25) is 4.79 Å². The van der Waals surface area contributed by atoms with Gasteiger partial charge in [0.1, 0.15) is 17.3 Å². The zero-order chi connectivity index (χ0) is 16.4. The smallest absolute Gasteiger partial charge is 0.320 e. The summed E-state index contributed by atoms with van der Waals surface area (Å²) in [6.45, 7) is 2.51. The van der Waals surface area contributed by atoms with Gasteiger partial charge in [-0.15, -0.1) is 0 Å². The molecule has 1 aliphatic carbocycles. The largest absolute Gasteiger partial charge is 0.460 e. The maximum Gasteiger partial charge on any atom is 0.320 e. The Hall–Kier alpha value is -2.15. The summed E-state index contributed by atoms with van der Waals surface area (Å²) in [4.78, 5) is 20.5. The van der Waals surface area contributed by atoms with Crippen LogP contribution >= 0.6 is 0 Å². The fourth-order valence-electron chi connectivity index (χ4n) is 3.04. The van der Waals surface area contributed by atoms with E-state index in [-0.39, 0.29) is 35.4 Å². The molecule has 0 amide bonds. The van der Waals surface area contributed by atoms with Crippen LogP contribution < -0.4 is 15.9 Å². The summed E-state index contributed by atoms with van der Waals surface area (Å²) in [5.74, 6) is 0.846. The van der Waals surface area contributed by atoms with E-state index in [1.807, 2.05) is 0 Å². The normalized spacial score (nSPS) is 21.5. The first-order valence-corrected chi connectivity index (χ1v) is 8.02. The highest BCUT2D eigenvalue weighted by Gasteiger charge is 2.21. The van der Waals surface area contributed by atoms with Crippen molar-refractivity contribution in [3.8, 4) is 6.01 Å². The first-order valence-electron chi connectivity index (χ1n) is 8.02. The van der Waals surface area contributed by atoms with E-state index in [4.69, 9.17) is 15.6 Å². The van der Waals surface area contributed by atoms with Gasteiger partial charge in [-0.2, -0.15) is 9.97 Å². The maximum absolute atomic E-state index is 12.0. The molecule has 0 unspecified atom stereocenters. The molecule has 0 atom stereocenters. The molecule has 23 heavy (non-hydrogen) atoms. The molecule has 0 spiro atoms. The van der Waals surface area contributed by atoms with Gasteiger partial charge in [-0.05, 0) is 31.6 Å². The second-order valence-electron chi connectivity index (χ2n) is 6.19. The van der Waals surface area contributed by atoms with Gasteiger partial charge < -0.3 is 20.1 Å². The number of nitrogens with zero attached hydrogens (tertiary/aromatic N) is 3. The lowest BCUT2D eigenvalue weighted by molar-refractivity contribution is 0.125. The zero-order valence-corrected chi connectivity index (χ0v) is 13.2. The van der Waals surface area contributed by atoms with Crippen LogP contribution in [0.4, 0.5) is 5.82 Å². The Kier molecular flexibility index (Phi) is 4.47. The highest BCUT2D eigenvalue weighted by Crippen LogP contribution is 2.27. The second-order valence-corrected chi connectivity index (χ2v) is 6.19. The van der Waals surface area contributed by atoms with Crippen molar-refractivity contribution < 1.29 is 9.84 Å². The zero-order valence-electron chi connectivity index (χ0n) is 13.2. The third-order valence-electron chi connectivity index (χ3n) is 4.40. The van der Waals surface area contributed by atoms with E-state index in [0.29, 0.717) is 12.2 Å². The molecule has 3 N–H and O–H groups in total. The number of hydrogen-bond donors (Lipinski definition) is 2. The van der Waals surface area contributed by atoms with E-state index in [1.54, 1.807) is 10.8 Å². The fourth-order valence-corrected chi connectivity index (χ4v) is 3.04. The van der Waals surface area contributed by atoms with Crippen LogP contribution in [0.25, 0.3) is 11.0 Å². The van der Waals surface area contributed by atoms with E-state index < -0.39 is 0 Å². The van der Waals surface area contributed by atoms with Crippen molar-refractivity contribution >= 4 is 16.9 Å². The van der Waals surface area contributed by atoms with Crippen molar-refractivity contribution in [1.82, 2.24) is 14.5 Å². The van der Waals surface area contributed by atoms with Crippen LogP contribution in [-0.4, -0.2) is 32.4 Å². The van der Waals surface area contributed by atoms with Gasteiger partial charge >= 0.3 is 6.01 Å². The second kappa shape index (κ2) is 6.54. The average molecular weight is 318 g/mol. The number of ether oxygens (including phenoxy) is 1. The number of nitrogen functional groups attached to an aromatic ring is 1. The number of aromatic nitrogens is 3. The van der Waals surface area contributed by atoms with Gasteiger partial charge in [-0.25, -0.2) is 0 Å². The molecule has 0 aromatic carbocycles. The Morgan fingerprint density at radius 1 is 1.35 bits per heavy atom. The Labute approximate surface area is 134 Å². The molecule has 0 aliphatic heterocycles. The van der Waals surface area contributed by atoms with Gasteiger partial charge in [0.05, 0.1) is 6.61 Å². The van der Waals surface area contributed by atoms with E-state index in [2.05, 4.69) is 16.9 Å². The lowest BCUT2D eigenvalue weighted by Crippen LogP contribution is -2.24. The van der Waals surface area contributed by atoms with E-state index >= 15 is 0 Å². The van der Waals surface area contributed by atoms with Crippen LogP contribution in [-0.2, 0) is 6.54 Å². The SMILES string of the molecule is CC1CCC(Oc2nc(N)c3c(=O)ccn(CCO)c3n2)CC1. The van der Waals surface area contributed by atoms with Gasteiger partial charge in [-0.1, -0.05) is 6.92 Å². The first kappa shape index (κ1) is 15.7. The highest BCUT2D eigenvalue weighted by atomic mass is 16.5. The molecule has 1 saturated carbocycles. The highest BCUT2D eigenvalue weighted by molar-refractivity contribution is 5.85. The first-order chi connectivity index (χ1) is 11.1. The van der Waals surface area contributed by atoms with E-state index in [1.165, 1.54) is 6.07 Å². The summed E-state index contributed by atoms with van der Waals surface area (Å²) in [5, 5.41) is 9.44. The molecular formula is C16H22N4O3. The number of aliphatic hydroxyl groups excluding tert-OH is 1. The molecule has 0 saturated heterocycles. The molecule has 1 fully saturated rings. The molecule has 7 heteroatoms. The summed E-state index contributed by atoms with van der Waals surface area (Å²) < 4.78 is 7.57. The molecule has 0 radical (unpaired) electrons. The molecule has 7 nitrogen and oxygen atoms in total. The Morgan fingerprint density at radius 3 is 2.78 bits per heavy atom. The summed E-state index contributed by atoms with van der Waals surface area (Å²) >= 11 is 0. The monoisotopic (exact) mass is 318 g/mol. The number of fused-ring (bicyclic) bond motifs is 1. The molecule has 0 bridgehead atoms. The number of nitrogens with two attached hydrogens (primary N) is 1. The van der Waals surface area contributed by atoms with Crippen molar-refractivity contribution in [3.63, 3.8) is 0 Å². The standard InChI is InChI=1S/C16H22N4O3/c1-10-2-4-11(5-3-10)23-16-18-14(17)13-12(22)6-7-20(8-9-21)15(13)19-16/h6-7,10-11,21H,2-5,8-9H2,1H3,(H2,17,18,19). The van der Waals surface area contributed by atoms with Crippen LogP contribution in [0.1, 0.15) is 32.6 Å². The van der Waals surface area contributed by atoms with Crippen LogP contribution in [0, 0.1) is 5.92 Å². The molecule has 2 heterocycles. The predicted octanol–water partition coefficient (Wildman–Crippen LogP) is 1.32. The molecular weight excluding hydrogens is 296 g/mol. The number of rotatable bonds is 4. The maximum atomic E-state index is 12.0. The topological polar surface area (TPSA) is 103 Å². The van der Waals surface area contributed by atoms with Gasteiger partial charge in [0, 0.05) is 18.8 Å². The predicted molar refractivity (Wildman–Crippen MR) is 87.3 cm³/mol. The van der Waals surface area contributed by atoms with Crippen molar-refractivity contribution in [2.24, 2.45) is 5.92 Å². The number of aliphatic hydroxyl groups is 1. The molecule has 3 rings (SSSR count). The van der Waals surface area contributed by atoms with Gasteiger partial charge in [0.25, 0.3) is 0 Å². The van der Waals surface area contributed by atoms with Crippen molar-refractivity contribution in [3.05, 3.63) is 22.5 Å². The van der Waals surface area contributed by atoms with Crippen molar-refractivity contribution in [2.75, 3.05) is 12.3 Å². The minimum absolute atomic E-state index is 0.0570. The van der Waals surface area contributed by atoms with Gasteiger partial charge in [0.15, 0.2) is 11.1 Å². The third kappa shape index (κ3) is 3.29. The van der Waals surface area contributed by atoms with Crippen molar-refractivity contribution in [2.45, 2.75) is 45.3 Å². The lowest BCUT2D eigenvalue weighted by Gasteiger charge is -2.26. The Morgan fingerprint density at radius 2 is 2.09 bits per heavy atom. The Balaban J connectivity index is 1.96. The van der Waals surface area contributed by atoms with Crippen molar-refractivity contribution in [1.29, 1.82) is 0 Å². The number of hydrogen-bond acceptors (Lipinski definition) is 6. The Bertz CT molecular complexity index is 751. The summed E-state index contributed by atoms with van der Waals surface area (Å²) in [6, 6.07) is 1.60. The quantitative estimate of drug-likeness (QED) is 0.881. The summed E-state index contributed by atoms with van der Waals surface area (Å²) in [7, 11) is 0. The number of anilines is 1. The van der Waals surface area contributed by atoms with Crippen LogP contribution in [0.15, 0.2) is 17.1 Å². The third-order valence-corrected chi connectivity index (χ3v) is 4.40. The minimum atomic E-state index is -0.232. The van der Waals surface area contributed by atoms with Gasteiger partial charge in [0.2, 0.25) is 0 Å². The summed E-state index contributed by atoms with van der Waals surface area (Å²) in [6.07, 6.45) is 5.89. The van der Waals surface area contributed by atoms with Crippen LogP contribution in [0.5, 0.6) is 6.01 Å². The molecule has 124 valence electrons. The molecule has 1 aliphatic rings. The van der Waals surface area contributed by atoms with Crippen LogP contribution in [0.2, 0.25) is 0 Å². The molecule has 2 aromatic heterocycles. The average Bonchev–Trinajstić information content (AvgIpc) is 2.52. The molecule has 2 aromatic rings. The fraction of sp³-hybridized carbons (Fsp3) is 0.562. The van der Waals surface area contributed by atoms with E-state index in [0.717, 1.165) is 31.6 Å². The lowest BCUT2D eigenvalue weighted by atomic mass is 9.89. The number of pyridine rings is 1.